The minimum absolute atomic E-state index is 0.0448. The van der Waals surface area contributed by atoms with Crippen molar-refractivity contribution in [2.24, 2.45) is 0 Å². The van der Waals surface area contributed by atoms with E-state index in [1.54, 1.807) is 0 Å². The smallest absolute Gasteiger partial charge is 0.317 e. The van der Waals surface area contributed by atoms with E-state index in [0.717, 1.165) is 31.5 Å². The normalized spacial score (nSPS) is 18.3. The van der Waals surface area contributed by atoms with Gasteiger partial charge in [-0.2, -0.15) is 5.10 Å². The molecule has 1 aliphatic carbocycles. The molecule has 0 atom stereocenters. The Morgan fingerprint density at radius 2 is 2.00 bits per heavy atom. The number of carbonyl (C=O) groups excluding carboxylic acids is 1. The van der Waals surface area contributed by atoms with Crippen LogP contribution in [0.5, 0.6) is 0 Å². The molecule has 1 saturated heterocycles. The van der Waals surface area contributed by atoms with E-state index in [2.05, 4.69) is 48.5 Å². The molecule has 5 nitrogen and oxygen atoms in total. The standard InChI is InChI=1S/C21H28N4O/c1-16(2)25-15-17(14-23-25)13-22-20(26)24-11-9-21(10-12-24)8-7-18-5-3-4-6-19(18)21/h3-6,14-16H,7-13H2,1-2H3,(H,22,26). The molecule has 2 heterocycles. The number of aryl methyl sites for hydroxylation is 1. The van der Waals surface area contributed by atoms with Crippen molar-refractivity contribution < 1.29 is 4.79 Å². The number of rotatable bonds is 3. The number of nitrogens with zero attached hydrogens (tertiary/aromatic N) is 3. The minimum atomic E-state index is 0.0448. The van der Waals surface area contributed by atoms with Crippen LogP contribution >= 0.6 is 0 Å². The summed E-state index contributed by atoms with van der Waals surface area (Å²) in [6, 6.07) is 9.24. The lowest BCUT2D eigenvalue weighted by atomic mass is 9.74. The summed E-state index contributed by atoms with van der Waals surface area (Å²) in [6.45, 7) is 6.41. The van der Waals surface area contributed by atoms with Crippen molar-refractivity contribution in [1.82, 2.24) is 20.0 Å². The Balaban J connectivity index is 1.33. The van der Waals surface area contributed by atoms with Crippen LogP contribution in [0.3, 0.4) is 0 Å². The summed E-state index contributed by atoms with van der Waals surface area (Å²) < 4.78 is 1.92. The lowest BCUT2D eigenvalue weighted by molar-refractivity contribution is 0.157. The highest BCUT2D eigenvalue weighted by molar-refractivity contribution is 5.74. The van der Waals surface area contributed by atoms with E-state index < -0.39 is 0 Å². The predicted molar refractivity (Wildman–Crippen MR) is 102 cm³/mol. The maximum Gasteiger partial charge on any atom is 0.317 e. The number of hydrogen-bond acceptors (Lipinski definition) is 2. The van der Waals surface area contributed by atoms with E-state index in [4.69, 9.17) is 0 Å². The van der Waals surface area contributed by atoms with Gasteiger partial charge >= 0.3 is 6.03 Å². The summed E-state index contributed by atoms with van der Waals surface area (Å²) >= 11 is 0. The Kier molecular flexibility index (Phi) is 4.47. The average Bonchev–Trinajstić information content (AvgIpc) is 3.27. The van der Waals surface area contributed by atoms with Crippen molar-refractivity contribution in [3.8, 4) is 0 Å². The van der Waals surface area contributed by atoms with Crippen LogP contribution < -0.4 is 5.32 Å². The molecule has 2 aliphatic rings. The molecule has 0 radical (unpaired) electrons. The van der Waals surface area contributed by atoms with Crippen molar-refractivity contribution in [2.45, 2.75) is 57.5 Å². The second-order valence-corrected chi connectivity index (χ2v) is 8.01. The SMILES string of the molecule is CC(C)n1cc(CNC(=O)N2CCC3(CCc4ccccc43)CC2)cn1. The average molecular weight is 352 g/mol. The molecule has 1 fully saturated rings. The minimum Gasteiger partial charge on any atom is -0.334 e. The number of nitrogens with one attached hydrogen (secondary N) is 1. The summed E-state index contributed by atoms with van der Waals surface area (Å²) in [5.74, 6) is 0. The summed E-state index contributed by atoms with van der Waals surface area (Å²) in [5.41, 5.74) is 4.38. The number of aromatic nitrogens is 2. The molecule has 0 saturated carbocycles. The molecule has 0 bridgehead atoms. The van der Waals surface area contributed by atoms with Crippen molar-refractivity contribution >= 4 is 6.03 Å². The molecule has 0 unspecified atom stereocenters. The highest BCUT2D eigenvalue weighted by atomic mass is 16.2. The van der Waals surface area contributed by atoms with Gasteiger partial charge in [-0.15, -0.1) is 0 Å². The van der Waals surface area contributed by atoms with Crippen molar-refractivity contribution in [2.75, 3.05) is 13.1 Å². The lowest BCUT2D eigenvalue weighted by Gasteiger charge is -2.40. The second kappa shape index (κ2) is 6.78. The number of urea groups is 1. The maximum absolute atomic E-state index is 12.5. The summed E-state index contributed by atoms with van der Waals surface area (Å²) in [4.78, 5) is 14.5. The zero-order chi connectivity index (χ0) is 18.1. The summed E-state index contributed by atoms with van der Waals surface area (Å²) in [7, 11) is 0. The van der Waals surface area contributed by atoms with Crippen LogP contribution in [0.25, 0.3) is 0 Å². The Morgan fingerprint density at radius 3 is 2.73 bits per heavy atom. The van der Waals surface area contributed by atoms with Crippen LogP contribution in [0, 0.1) is 0 Å². The number of hydrogen-bond donors (Lipinski definition) is 1. The first kappa shape index (κ1) is 17.1. The number of amides is 2. The maximum atomic E-state index is 12.5. The first-order valence-corrected chi connectivity index (χ1v) is 9.72. The van der Waals surface area contributed by atoms with E-state index in [9.17, 15) is 4.79 Å². The van der Waals surface area contributed by atoms with Crippen molar-refractivity contribution in [3.05, 3.63) is 53.3 Å². The largest absolute Gasteiger partial charge is 0.334 e. The Hall–Kier alpha value is -2.30. The van der Waals surface area contributed by atoms with E-state index in [1.807, 2.05) is 22.0 Å². The molecule has 138 valence electrons. The highest BCUT2D eigenvalue weighted by Gasteiger charge is 2.41. The third-order valence-corrected chi connectivity index (χ3v) is 6.10. The molecule has 2 aromatic rings. The molecular weight excluding hydrogens is 324 g/mol. The molecule has 1 aromatic heterocycles. The van der Waals surface area contributed by atoms with Gasteiger partial charge in [0.2, 0.25) is 0 Å². The number of benzene rings is 1. The van der Waals surface area contributed by atoms with Crippen LogP contribution in [0.2, 0.25) is 0 Å². The zero-order valence-corrected chi connectivity index (χ0v) is 15.7. The van der Waals surface area contributed by atoms with E-state index in [0.29, 0.717) is 18.0 Å². The molecule has 1 spiro atoms. The van der Waals surface area contributed by atoms with Crippen LogP contribution in [0.1, 0.15) is 55.8 Å². The van der Waals surface area contributed by atoms with Gasteiger partial charge in [0, 0.05) is 37.4 Å². The second-order valence-electron chi connectivity index (χ2n) is 8.01. The highest BCUT2D eigenvalue weighted by Crippen LogP contribution is 2.46. The fourth-order valence-corrected chi connectivity index (χ4v) is 4.46. The van der Waals surface area contributed by atoms with Gasteiger partial charge in [-0.05, 0) is 56.1 Å². The zero-order valence-electron chi connectivity index (χ0n) is 15.7. The molecule has 2 amide bonds. The first-order valence-electron chi connectivity index (χ1n) is 9.72. The van der Waals surface area contributed by atoms with Gasteiger partial charge in [0.15, 0.2) is 0 Å². The lowest BCUT2D eigenvalue weighted by Crippen LogP contribution is -2.48. The number of carbonyl (C=O) groups is 1. The summed E-state index contributed by atoms with van der Waals surface area (Å²) in [6.07, 6.45) is 8.40. The van der Waals surface area contributed by atoms with Gasteiger partial charge in [0.05, 0.1) is 6.20 Å². The van der Waals surface area contributed by atoms with Gasteiger partial charge in [0.1, 0.15) is 0 Å². The van der Waals surface area contributed by atoms with E-state index in [1.165, 1.54) is 24.0 Å². The number of fused-ring (bicyclic) bond motifs is 2. The van der Waals surface area contributed by atoms with Crippen LogP contribution in [0.4, 0.5) is 4.79 Å². The van der Waals surface area contributed by atoms with Gasteiger partial charge in [-0.25, -0.2) is 4.79 Å². The fourth-order valence-electron chi connectivity index (χ4n) is 4.46. The quantitative estimate of drug-likeness (QED) is 0.917. The molecule has 4 rings (SSSR count). The number of piperidine rings is 1. The third-order valence-electron chi connectivity index (χ3n) is 6.10. The van der Waals surface area contributed by atoms with Crippen LogP contribution in [-0.2, 0) is 18.4 Å². The first-order chi connectivity index (χ1) is 12.6. The van der Waals surface area contributed by atoms with Crippen LogP contribution in [0.15, 0.2) is 36.7 Å². The Morgan fingerprint density at radius 1 is 1.23 bits per heavy atom. The van der Waals surface area contributed by atoms with Gasteiger partial charge in [0.25, 0.3) is 0 Å². The molecule has 1 N–H and O–H groups in total. The van der Waals surface area contributed by atoms with E-state index in [-0.39, 0.29) is 6.03 Å². The van der Waals surface area contributed by atoms with E-state index >= 15 is 0 Å². The fraction of sp³-hybridized carbons (Fsp3) is 0.524. The molecular formula is C21H28N4O. The van der Waals surface area contributed by atoms with Crippen molar-refractivity contribution in [1.29, 1.82) is 0 Å². The summed E-state index contributed by atoms with van der Waals surface area (Å²) in [5, 5.41) is 7.38. The van der Waals surface area contributed by atoms with Gasteiger partial charge in [-0.1, -0.05) is 24.3 Å². The Bertz CT molecular complexity index is 787. The van der Waals surface area contributed by atoms with Gasteiger partial charge < -0.3 is 10.2 Å². The predicted octanol–water partition coefficient (Wildman–Crippen LogP) is 3.65. The monoisotopic (exact) mass is 352 g/mol. The molecule has 1 aromatic carbocycles. The molecule has 1 aliphatic heterocycles. The van der Waals surface area contributed by atoms with Gasteiger partial charge in [-0.3, -0.25) is 4.68 Å². The number of likely N-dealkylation sites (tertiary alicyclic amines) is 1. The van der Waals surface area contributed by atoms with Crippen molar-refractivity contribution in [3.63, 3.8) is 0 Å². The van der Waals surface area contributed by atoms with Crippen LogP contribution in [-0.4, -0.2) is 33.8 Å². The molecule has 26 heavy (non-hydrogen) atoms. The molecule has 5 heteroatoms. The third kappa shape index (κ3) is 3.11. The topological polar surface area (TPSA) is 50.2 Å². The Labute approximate surface area is 155 Å².